The molecule has 23 heavy (non-hydrogen) atoms. The van der Waals surface area contributed by atoms with Gasteiger partial charge in [-0.3, -0.25) is 10.1 Å². The summed E-state index contributed by atoms with van der Waals surface area (Å²) in [5.41, 5.74) is 0. The highest BCUT2D eigenvalue weighted by Crippen LogP contribution is 2.17. The zero-order valence-corrected chi connectivity index (χ0v) is 14.3. The minimum absolute atomic E-state index is 0. The number of furan rings is 1. The maximum absolute atomic E-state index is 10.7. The van der Waals surface area contributed by atoms with Gasteiger partial charge in [-0.15, -0.1) is 0 Å². The second-order valence-electron chi connectivity index (χ2n) is 5.24. The monoisotopic (exact) mass is 380 g/mol. The summed E-state index contributed by atoms with van der Waals surface area (Å²) in [5.74, 6) is 2.16. The van der Waals surface area contributed by atoms with Crippen LogP contribution < -0.4 is 21.5 Å². The zero-order chi connectivity index (χ0) is 15.5. The molecule has 0 radical (unpaired) electrons. The summed E-state index contributed by atoms with van der Waals surface area (Å²) in [6, 6.07) is 8.75. The van der Waals surface area contributed by atoms with E-state index in [4.69, 9.17) is 9.41 Å². The minimum Gasteiger partial charge on any atom is -1.00 e. The molecule has 0 unspecified atom stereocenters. The summed E-state index contributed by atoms with van der Waals surface area (Å²) in [6.07, 6.45) is 3.98. The lowest BCUT2D eigenvalue weighted by atomic mass is 10.3. The Morgan fingerprint density at radius 2 is 2.22 bits per heavy atom. The first kappa shape index (κ1) is 17.1. The maximum atomic E-state index is 10.7. The molecule has 122 valence electrons. The number of amidine groups is 1. The topological polar surface area (TPSA) is 75.8 Å². The molecule has 0 bridgehead atoms. The Kier molecular flexibility index (Phi) is 5.49. The van der Waals surface area contributed by atoms with Crippen molar-refractivity contribution >= 4 is 17.5 Å². The number of hydrogen-bond donors (Lipinski definition) is 0. The Balaban J connectivity index is 0.00000192. The van der Waals surface area contributed by atoms with Crippen molar-refractivity contribution in [3.8, 4) is 0 Å². The van der Waals surface area contributed by atoms with Gasteiger partial charge in [-0.1, -0.05) is 6.07 Å². The number of aromatic nitrogens is 1. The number of hydrogen-bond acceptors (Lipinski definition) is 4. The smallest absolute Gasteiger partial charge is 0.433 e. The number of rotatable bonds is 4. The molecule has 8 heteroatoms. The van der Waals surface area contributed by atoms with Gasteiger partial charge >= 0.3 is 11.7 Å². The van der Waals surface area contributed by atoms with Crippen LogP contribution in [0.15, 0.2) is 45.9 Å². The molecular formula is C15H17BrN4O3. The Morgan fingerprint density at radius 3 is 2.87 bits per heavy atom. The number of halogens is 1. The fraction of sp³-hybridized carbons (Fsp3) is 0.333. The van der Waals surface area contributed by atoms with Gasteiger partial charge in [-0.05, 0) is 23.5 Å². The third kappa shape index (κ3) is 3.95. The molecule has 0 aliphatic carbocycles. The number of nitro groups is 1. The Labute approximate surface area is 144 Å². The van der Waals surface area contributed by atoms with Gasteiger partial charge in [0.25, 0.3) is 0 Å². The van der Waals surface area contributed by atoms with Crippen LogP contribution in [0, 0.1) is 10.1 Å². The lowest BCUT2D eigenvalue weighted by molar-refractivity contribution is -0.677. The highest BCUT2D eigenvalue weighted by molar-refractivity contribution is 5.85. The number of nitrogens with zero attached hydrogens (tertiary/aromatic N) is 4. The molecule has 1 aliphatic rings. The number of pyridine rings is 1. The molecule has 0 spiro atoms. The van der Waals surface area contributed by atoms with Crippen LogP contribution in [0.5, 0.6) is 0 Å². The van der Waals surface area contributed by atoms with Crippen LogP contribution in [0.2, 0.25) is 0 Å². The average molecular weight is 381 g/mol. The molecule has 0 atom stereocenters. The molecule has 2 aromatic heterocycles. The summed E-state index contributed by atoms with van der Waals surface area (Å²) < 4.78 is 7.13. The van der Waals surface area contributed by atoms with Crippen LogP contribution in [0.3, 0.4) is 0 Å². The molecule has 0 amide bonds. The first-order chi connectivity index (χ1) is 10.6. The quantitative estimate of drug-likeness (QED) is 0.398. The van der Waals surface area contributed by atoms with Crippen molar-refractivity contribution in [2.75, 3.05) is 13.6 Å². The Bertz CT molecular complexity index is 729. The van der Waals surface area contributed by atoms with E-state index < -0.39 is 4.92 Å². The van der Waals surface area contributed by atoms with Gasteiger partial charge in [-0.25, -0.2) is 4.57 Å². The van der Waals surface area contributed by atoms with Gasteiger partial charge in [0, 0.05) is 26.1 Å². The first-order valence-electron chi connectivity index (χ1n) is 7.14. The fourth-order valence-corrected chi connectivity index (χ4v) is 2.49. The van der Waals surface area contributed by atoms with Crippen LogP contribution >= 0.6 is 0 Å². The Morgan fingerprint density at radius 1 is 1.39 bits per heavy atom. The fourth-order valence-electron chi connectivity index (χ4n) is 2.49. The zero-order valence-electron chi connectivity index (χ0n) is 12.7. The molecule has 1 saturated heterocycles. The van der Waals surface area contributed by atoms with Gasteiger partial charge in [0.2, 0.25) is 5.84 Å². The van der Waals surface area contributed by atoms with E-state index in [-0.39, 0.29) is 22.9 Å². The van der Waals surface area contributed by atoms with Gasteiger partial charge in [-0.2, -0.15) is 0 Å². The first-order valence-corrected chi connectivity index (χ1v) is 7.14. The number of aliphatic imine (C=N–C) groups is 1. The largest absolute Gasteiger partial charge is 1.00 e. The molecular weight excluding hydrogens is 364 g/mol. The van der Waals surface area contributed by atoms with E-state index in [0.717, 1.165) is 31.0 Å². The summed E-state index contributed by atoms with van der Waals surface area (Å²) >= 11 is 0. The summed E-state index contributed by atoms with van der Waals surface area (Å²) in [6.45, 7) is 1.43. The lowest BCUT2D eigenvalue weighted by Crippen LogP contribution is -3.00. The van der Waals surface area contributed by atoms with Gasteiger partial charge in [0.15, 0.2) is 5.76 Å². The molecule has 1 fully saturated rings. The normalized spacial score (nSPS) is 15.7. The lowest BCUT2D eigenvalue weighted by Gasteiger charge is -2.06. The van der Waals surface area contributed by atoms with Crippen molar-refractivity contribution in [2.45, 2.75) is 19.4 Å². The summed E-state index contributed by atoms with van der Waals surface area (Å²) in [7, 11) is 2.04. The van der Waals surface area contributed by atoms with Crippen LogP contribution in [0.4, 0.5) is 11.7 Å². The third-order valence-electron chi connectivity index (χ3n) is 3.65. The molecule has 3 rings (SSSR count). The van der Waals surface area contributed by atoms with Gasteiger partial charge in [0.1, 0.15) is 11.5 Å². The highest BCUT2D eigenvalue weighted by atomic mass is 79.9. The van der Waals surface area contributed by atoms with Crippen molar-refractivity contribution in [3.63, 3.8) is 0 Å². The Hall–Kier alpha value is -2.22. The predicted molar refractivity (Wildman–Crippen MR) is 80.1 cm³/mol. The van der Waals surface area contributed by atoms with E-state index in [1.54, 1.807) is 6.07 Å². The highest BCUT2D eigenvalue weighted by Gasteiger charge is 2.21. The van der Waals surface area contributed by atoms with E-state index in [9.17, 15) is 10.1 Å². The molecule has 0 N–H and O–H groups in total. The maximum Gasteiger partial charge on any atom is 0.433 e. The standard InChI is InChI=1S/C15H17N4O3.BrH/c1-17-9-4-6-13(17)16-14-5-2-3-10-18(14)11-12-7-8-15(22-12)19(20)21;/h2-3,5,7-8,10H,4,6,9,11H2,1H3;1H/q+1;/p-1. The molecule has 0 aromatic carbocycles. The summed E-state index contributed by atoms with van der Waals surface area (Å²) in [4.78, 5) is 17.0. The molecule has 1 aliphatic heterocycles. The van der Waals surface area contributed by atoms with E-state index >= 15 is 0 Å². The summed E-state index contributed by atoms with van der Waals surface area (Å²) in [5, 5.41) is 10.7. The van der Waals surface area contributed by atoms with Crippen LogP contribution in [-0.2, 0) is 6.54 Å². The predicted octanol–water partition coefficient (Wildman–Crippen LogP) is -0.717. The van der Waals surface area contributed by atoms with E-state index in [0.29, 0.717) is 12.3 Å². The third-order valence-corrected chi connectivity index (χ3v) is 3.65. The van der Waals surface area contributed by atoms with E-state index in [2.05, 4.69) is 4.90 Å². The van der Waals surface area contributed by atoms with Crippen LogP contribution in [0.1, 0.15) is 18.6 Å². The second-order valence-corrected chi connectivity index (χ2v) is 5.24. The van der Waals surface area contributed by atoms with Crippen molar-refractivity contribution < 1.29 is 30.9 Å². The molecule has 0 saturated carbocycles. The van der Waals surface area contributed by atoms with Crippen molar-refractivity contribution in [3.05, 3.63) is 52.4 Å². The van der Waals surface area contributed by atoms with Crippen molar-refractivity contribution in [1.82, 2.24) is 4.90 Å². The average Bonchev–Trinajstić information content (AvgIpc) is 3.11. The molecule has 3 heterocycles. The second kappa shape index (κ2) is 7.36. The van der Waals surface area contributed by atoms with E-state index in [1.165, 1.54) is 6.07 Å². The molecule has 2 aromatic rings. The SMILES string of the molecule is CN1CCC/C1=N\c1cccc[n+]1Cc1ccc([N+](=O)[O-])o1.[Br-]. The minimum atomic E-state index is -0.534. The molecule has 7 nitrogen and oxygen atoms in total. The van der Waals surface area contributed by atoms with Crippen LogP contribution in [0.25, 0.3) is 0 Å². The van der Waals surface area contributed by atoms with Crippen molar-refractivity contribution in [2.24, 2.45) is 4.99 Å². The van der Waals surface area contributed by atoms with Gasteiger partial charge < -0.3 is 26.3 Å². The van der Waals surface area contributed by atoms with Gasteiger partial charge in [0.05, 0.1) is 12.3 Å². The number of likely N-dealkylation sites (tertiary alicyclic amines) is 1. The van der Waals surface area contributed by atoms with Crippen molar-refractivity contribution in [1.29, 1.82) is 0 Å². The van der Waals surface area contributed by atoms with E-state index in [1.807, 2.05) is 36.0 Å². The van der Waals surface area contributed by atoms with Crippen LogP contribution in [-0.4, -0.2) is 29.3 Å².